The molecular weight excluding hydrogens is 427 g/mol. The van der Waals surface area contributed by atoms with Crippen LogP contribution in [0.3, 0.4) is 0 Å². The van der Waals surface area contributed by atoms with Gasteiger partial charge in [0.05, 0.1) is 17.0 Å². The number of rotatable bonds is 4. The molecule has 23 heavy (non-hydrogen) atoms. The number of guanidine groups is 1. The van der Waals surface area contributed by atoms with Crippen molar-refractivity contribution in [3.05, 3.63) is 0 Å². The van der Waals surface area contributed by atoms with E-state index in [1.54, 1.807) is 13.8 Å². The van der Waals surface area contributed by atoms with E-state index >= 15 is 0 Å². The minimum atomic E-state index is -3.03. The molecule has 0 amide bonds. The molecule has 1 N–H and O–H groups in total. The lowest BCUT2D eigenvalue weighted by Crippen LogP contribution is -2.57. The summed E-state index contributed by atoms with van der Waals surface area (Å²) in [5.41, 5.74) is -0.0436. The highest BCUT2D eigenvalue weighted by atomic mass is 127. The van der Waals surface area contributed by atoms with E-state index in [4.69, 9.17) is 4.99 Å². The van der Waals surface area contributed by atoms with Crippen LogP contribution >= 0.6 is 24.0 Å². The Hall–Kier alpha value is -0.0900. The molecule has 6 nitrogen and oxygen atoms in total. The number of likely N-dealkylation sites (N-methyl/N-ethyl adjacent to an activating group) is 1. The van der Waals surface area contributed by atoms with E-state index < -0.39 is 14.6 Å². The standard InChI is InChI=1S/C15H32N4O2S.HI/c1-8-16-13(17-11-14(2,3)18(6)7)19-9-10-22(20,21)15(4,5)12-19;/h8-12H2,1-7H3,(H,16,17);1H. The van der Waals surface area contributed by atoms with E-state index in [-0.39, 0.29) is 35.3 Å². The van der Waals surface area contributed by atoms with Crippen LogP contribution in [0.15, 0.2) is 4.99 Å². The van der Waals surface area contributed by atoms with E-state index in [1.165, 1.54) is 0 Å². The zero-order valence-electron chi connectivity index (χ0n) is 15.5. The molecule has 1 saturated heterocycles. The van der Waals surface area contributed by atoms with Crippen molar-refractivity contribution in [3.63, 3.8) is 0 Å². The average molecular weight is 460 g/mol. The highest BCUT2D eigenvalue weighted by Crippen LogP contribution is 2.23. The Morgan fingerprint density at radius 2 is 1.91 bits per heavy atom. The summed E-state index contributed by atoms with van der Waals surface area (Å²) in [4.78, 5) is 8.95. The lowest BCUT2D eigenvalue weighted by atomic mass is 10.1. The molecule has 0 spiro atoms. The van der Waals surface area contributed by atoms with Gasteiger partial charge in [-0.3, -0.25) is 4.99 Å². The fourth-order valence-electron chi connectivity index (χ4n) is 2.16. The van der Waals surface area contributed by atoms with Crippen LogP contribution in [0.5, 0.6) is 0 Å². The maximum atomic E-state index is 12.1. The lowest BCUT2D eigenvalue weighted by Gasteiger charge is -2.39. The van der Waals surface area contributed by atoms with Crippen LogP contribution < -0.4 is 5.32 Å². The van der Waals surface area contributed by atoms with Gasteiger partial charge in [0.2, 0.25) is 0 Å². The third-order valence-electron chi connectivity index (χ3n) is 4.50. The van der Waals surface area contributed by atoms with E-state index in [0.29, 0.717) is 19.6 Å². The second kappa shape index (κ2) is 8.33. The molecule has 1 aliphatic rings. The van der Waals surface area contributed by atoms with Gasteiger partial charge in [-0.05, 0) is 48.7 Å². The molecule has 138 valence electrons. The van der Waals surface area contributed by atoms with Gasteiger partial charge in [-0.15, -0.1) is 24.0 Å². The molecule has 0 bridgehead atoms. The second-order valence-electron chi connectivity index (χ2n) is 7.38. The monoisotopic (exact) mass is 460 g/mol. The quantitative estimate of drug-likeness (QED) is 0.391. The topological polar surface area (TPSA) is 65.0 Å². The van der Waals surface area contributed by atoms with Gasteiger partial charge in [-0.2, -0.15) is 0 Å². The summed E-state index contributed by atoms with van der Waals surface area (Å²) in [7, 11) is 1.05. The number of hydrogen-bond donors (Lipinski definition) is 1. The van der Waals surface area contributed by atoms with Gasteiger partial charge >= 0.3 is 0 Å². The Kier molecular flexibility index (Phi) is 8.30. The van der Waals surface area contributed by atoms with Crippen molar-refractivity contribution in [2.45, 2.75) is 44.9 Å². The second-order valence-corrected chi connectivity index (χ2v) is 10.1. The number of halogens is 1. The first-order chi connectivity index (χ1) is 9.93. The molecule has 0 radical (unpaired) electrons. The summed E-state index contributed by atoms with van der Waals surface area (Å²) in [6, 6.07) is 0. The first kappa shape index (κ1) is 22.9. The summed E-state index contributed by atoms with van der Waals surface area (Å²) in [5, 5.41) is 3.29. The number of nitrogens with one attached hydrogen (secondary N) is 1. The van der Waals surface area contributed by atoms with Crippen molar-refractivity contribution in [3.8, 4) is 0 Å². The average Bonchev–Trinajstić information content (AvgIpc) is 2.37. The lowest BCUT2D eigenvalue weighted by molar-refractivity contribution is 0.204. The summed E-state index contributed by atoms with van der Waals surface area (Å²) in [6.07, 6.45) is 0. The number of hydrogen-bond acceptors (Lipinski definition) is 4. The smallest absolute Gasteiger partial charge is 0.194 e. The Morgan fingerprint density at radius 3 is 2.35 bits per heavy atom. The molecule has 8 heteroatoms. The van der Waals surface area contributed by atoms with Crippen molar-refractivity contribution in [2.75, 3.05) is 46.0 Å². The normalized spacial score (nSPS) is 21.0. The van der Waals surface area contributed by atoms with Crippen molar-refractivity contribution < 1.29 is 8.42 Å². The number of sulfone groups is 1. The van der Waals surface area contributed by atoms with Crippen LogP contribution in [0.4, 0.5) is 0 Å². The van der Waals surface area contributed by atoms with E-state index in [1.807, 2.05) is 21.0 Å². The van der Waals surface area contributed by atoms with Gasteiger partial charge in [-0.25, -0.2) is 8.42 Å². The van der Waals surface area contributed by atoms with Crippen molar-refractivity contribution in [1.29, 1.82) is 0 Å². The predicted octanol–water partition coefficient (Wildman–Crippen LogP) is 1.42. The van der Waals surface area contributed by atoms with Crippen molar-refractivity contribution in [2.24, 2.45) is 4.99 Å². The molecule has 0 unspecified atom stereocenters. The molecule has 0 aromatic heterocycles. The van der Waals surface area contributed by atoms with Crippen molar-refractivity contribution >= 4 is 39.8 Å². The molecule has 1 rings (SSSR count). The largest absolute Gasteiger partial charge is 0.357 e. The first-order valence-corrected chi connectivity index (χ1v) is 9.51. The highest BCUT2D eigenvalue weighted by molar-refractivity contribution is 14.0. The summed E-state index contributed by atoms with van der Waals surface area (Å²) in [6.45, 7) is 12.3. The summed E-state index contributed by atoms with van der Waals surface area (Å²) >= 11 is 0. The van der Waals surface area contributed by atoms with Crippen LogP contribution in [-0.2, 0) is 9.84 Å². The van der Waals surface area contributed by atoms with Crippen LogP contribution in [-0.4, -0.2) is 80.5 Å². The number of aliphatic imine (C=N–C) groups is 1. The van der Waals surface area contributed by atoms with Crippen LogP contribution in [0.1, 0.15) is 34.6 Å². The Labute approximate surface area is 159 Å². The van der Waals surface area contributed by atoms with Gasteiger partial charge in [0.15, 0.2) is 15.8 Å². The minimum Gasteiger partial charge on any atom is -0.357 e. The molecule has 0 aliphatic carbocycles. The minimum absolute atomic E-state index is 0. The predicted molar refractivity (Wildman–Crippen MR) is 109 cm³/mol. The van der Waals surface area contributed by atoms with Gasteiger partial charge in [-0.1, -0.05) is 0 Å². The fourth-order valence-corrected chi connectivity index (χ4v) is 3.53. The molecule has 1 heterocycles. The Bertz CT molecular complexity index is 516. The molecule has 0 saturated carbocycles. The fraction of sp³-hybridized carbons (Fsp3) is 0.933. The van der Waals surface area contributed by atoms with Crippen LogP contribution in [0, 0.1) is 0 Å². The van der Waals surface area contributed by atoms with Crippen molar-refractivity contribution in [1.82, 2.24) is 15.1 Å². The van der Waals surface area contributed by atoms with Crippen LogP contribution in [0.25, 0.3) is 0 Å². The van der Waals surface area contributed by atoms with E-state index in [0.717, 1.165) is 12.5 Å². The third-order valence-corrected chi connectivity index (χ3v) is 7.04. The molecule has 0 aromatic carbocycles. The highest BCUT2D eigenvalue weighted by Gasteiger charge is 2.41. The zero-order chi connectivity index (χ0) is 17.2. The zero-order valence-corrected chi connectivity index (χ0v) is 18.7. The molecule has 1 fully saturated rings. The van der Waals surface area contributed by atoms with Gasteiger partial charge < -0.3 is 15.1 Å². The van der Waals surface area contributed by atoms with Gasteiger partial charge in [0.25, 0.3) is 0 Å². The van der Waals surface area contributed by atoms with Crippen LogP contribution in [0.2, 0.25) is 0 Å². The van der Waals surface area contributed by atoms with E-state index in [2.05, 4.69) is 29.0 Å². The Balaban J connectivity index is 0.00000484. The maximum absolute atomic E-state index is 12.1. The first-order valence-electron chi connectivity index (χ1n) is 7.86. The third kappa shape index (κ3) is 5.74. The Morgan fingerprint density at radius 1 is 1.35 bits per heavy atom. The molecule has 0 atom stereocenters. The molecular formula is C15H33IN4O2S. The molecule has 1 aliphatic heterocycles. The van der Waals surface area contributed by atoms with Gasteiger partial charge in [0, 0.05) is 25.2 Å². The summed E-state index contributed by atoms with van der Waals surface area (Å²) in [5.74, 6) is 0.988. The van der Waals surface area contributed by atoms with E-state index in [9.17, 15) is 8.42 Å². The summed E-state index contributed by atoms with van der Waals surface area (Å²) < 4.78 is 23.5. The maximum Gasteiger partial charge on any atom is 0.194 e. The molecule has 0 aromatic rings. The SMILES string of the molecule is CCNC(=NCC(C)(C)N(C)C)N1CCS(=O)(=O)C(C)(C)C1.I. The number of nitrogens with zero attached hydrogens (tertiary/aromatic N) is 3. The van der Waals surface area contributed by atoms with Gasteiger partial charge in [0.1, 0.15) is 0 Å².